The highest BCUT2D eigenvalue weighted by atomic mass is 32.2. The Labute approximate surface area is 101 Å². The highest BCUT2D eigenvalue weighted by molar-refractivity contribution is 7.99. The number of carboxylic acids is 1. The maximum Gasteiger partial charge on any atom is 0.313 e. The second-order valence-electron chi connectivity index (χ2n) is 3.89. The van der Waals surface area contributed by atoms with Gasteiger partial charge in [0, 0.05) is 18.7 Å². The molecule has 0 aliphatic rings. The van der Waals surface area contributed by atoms with Gasteiger partial charge in [0.05, 0.1) is 5.75 Å². The first-order valence-corrected chi connectivity index (χ1v) is 6.78. The number of nitrogens with one attached hydrogen (secondary N) is 1. The molecule has 0 radical (unpaired) electrons. The maximum atomic E-state index is 11.4. The van der Waals surface area contributed by atoms with Crippen LogP contribution in [0.4, 0.5) is 0 Å². The molecule has 2 N–H and O–H groups in total. The van der Waals surface area contributed by atoms with Crippen LogP contribution in [0, 0.1) is 5.92 Å². The molecule has 0 aromatic heterocycles. The monoisotopic (exact) mass is 247 g/mol. The molecular weight excluding hydrogens is 226 g/mol. The topological polar surface area (TPSA) is 66.4 Å². The molecule has 0 spiro atoms. The van der Waals surface area contributed by atoms with Crippen molar-refractivity contribution in [1.82, 2.24) is 5.32 Å². The van der Waals surface area contributed by atoms with E-state index in [0.29, 0.717) is 24.6 Å². The van der Waals surface area contributed by atoms with E-state index in [9.17, 15) is 9.59 Å². The maximum absolute atomic E-state index is 11.4. The largest absolute Gasteiger partial charge is 0.481 e. The number of thioether (sulfide) groups is 1. The lowest BCUT2D eigenvalue weighted by molar-refractivity contribution is -0.133. The van der Waals surface area contributed by atoms with Gasteiger partial charge in [-0.1, -0.05) is 26.7 Å². The first kappa shape index (κ1) is 15.3. The summed E-state index contributed by atoms with van der Waals surface area (Å²) in [6, 6.07) is 0. The number of rotatable bonds is 9. The van der Waals surface area contributed by atoms with Crippen molar-refractivity contribution in [2.24, 2.45) is 5.92 Å². The molecule has 0 rings (SSSR count). The summed E-state index contributed by atoms with van der Waals surface area (Å²) in [6.07, 6.45) is 2.74. The number of carbonyl (C=O) groups excluding carboxylic acids is 1. The van der Waals surface area contributed by atoms with Crippen LogP contribution in [0.3, 0.4) is 0 Å². The third kappa shape index (κ3) is 9.83. The standard InChI is InChI=1S/C11H21NO3S/c1-3-4-9(2)7-10(13)12-5-6-16-8-11(14)15/h9H,3-8H2,1-2H3,(H,12,13)(H,14,15). The molecule has 0 aromatic rings. The van der Waals surface area contributed by atoms with Crippen LogP contribution in [0.15, 0.2) is 0 Å². The SMILES string of the molecule is CCCC(C)CC(=O)NCCSCC(=O)O. The summed E-state index contributed by atoms with van der Waals surface area (Å²) in [4.78, 5) is 21.6. The first-order chi connectivity index (χ1) is 7.56. The Morgan fingerprint density at radius 2 is 2.12 bits per heavy atom. The van der Waals surface area contributed by atoms with Gasteiger partial charge in [-0.3, -0.25) is 9.59 Å². The molecular formula is C11H21NO3S. The summed E-state index contributed by atoms with van der Waals surface area (Å²) in [5.41, 5.74) is 0. The second-order valence-corrected chi connectivity index (χ2v) is 5.00. The number of aliphatic carboxylic acids is 1. The van der Waals surface area contributed by atoms with Crippen molar-refractivity contribution in [2.75, 3.05) is 18.1 Å². The van der Waals surface area contributed by atoms with Crippen molar-refractivity contribution in [3.8, 4) is 0 Å². The zero-order valence-corrected chi connectivity index (χ0v) is 10.8. The van der Waals surface area contributed by atoms with E-state index >= 15 is 0 Å². The molecule has 5 heteroatoms. The van der Waals surface area contributed by atoms with Gasteiger partial charge in [0.25, 0.3) is 0 Å². The van der Waals surface area contributed by atoms with E-state index < -0.39 is 5.97 Å². The van der Waals surface area contributed by atoms with Crippen LogP contribution in [0.1, 0.15) is 33.1 Å². The molecule has 1 amide bonds. The first-order valence-electron chi connectivity index (χ1n) is 5.62. The molecule has 1 atom stereocenters. The highest BCUT2D eigenvalue weighted by Crippen LogP contribution is 2.09. The summed E-state index contributed by atoms with van der Waals surface area (Å²) < 4.78 is 0. The number of hydrogen-bond donors (Lipinski definition) is 2. The normalized spacial score (nSPS) is 12.1. The van der Waals surface area contributed by atoms with Gasteiger partial charge in [-0.25, -0.2) is 0 Å². The quantitative estimate of drug-likeness (QED) is 0.609. The van der Waals surface area contributed by atoms with E-state index in [1.54, 1.807) is 0 Å². The van der Waals surface area contributed by atoms with E-state index in [2.05, 4.69) is 19.2 Å². The van der Waals surface area contributed by atoms with Crippen LogP contribution >= 0.6 is 11.8 Å². The average molecular weight is 247 g/mol. The van der Waals surface area contributed by atoms with Gasteiger partial charge in [-0.05, 0) is 5.92 Å². The van der Waals surface area contributed by atoms with Gasteiger partial charge >= 0.3 is 5.97 Å². The lowest BCUT2D eigenvalue weighted by atomic mass is 10.0. The zero-order chi connectivity index (χ0) is 12.4. The fraction of sp³-hybridized carbons (Fsp3) is 0.818. The Kier molecular flexibility index (Phi) is 9.09. The molecule has 0 saturated heterocycles. The third-order valence-corrected chi connectivity index (χ3v) is 3.05. The molecule has 0 saturated carbocycles. The summed E-state index contributed by atoms with van der Waals surface area (Å²) in [5, 5.41) is 11.2. The van der Waals surface area contributed by atoms with E-state index in [-0.39, 0.29) is 11.7 Å². The van der Waals surface area contributed by atoms with Crippen molar-refractivity contribution in [3.63, 3.8) is 0 Å². The lowest BCUT2D eigenvalue weighted by Gasteiger charge is -2.09. The minimum atomic E-state index is -0.812. The van der Waals surface area contributed by atoms with Gasteiger partial charge in [-0.15, -0.1) is 11.8 Å². The number of hydrogen-bond acceptors (Lipinski definition) is 3. The number of carbonyl (C=O) groups is 2. The van der Waals surface area contributed by atoms with Crippen LogP contribution in [0.2, 0.25) is 0 Å². The molecule has 16 heavy (non-hydrogen) atoms. The molecule has 0 aliphatic carbocycles. The Balaban J connectivity index is 3.40. The highest BCUT2D eigenvalue weighted by Gasteiger charge is 2.07. The Morgan fingerprint density at radius 3 is 2.69 bits per heavy atom. The van der Waals surface area contributed by atoms with E-state index in [4.69, 9.17) is 5.11 Å². The summed E-state index contributed by atoms with van der Waals surface area (Å²) in [7, 11) is 0. The van der Waals surface area contributed by atoms with E-state index in [1.165, 1.54) is 11.8 Å². The van der Waals surface area contributed by atoms with Gasteiger partial charge in [0.2, 0.25) is 5.91 Å². The van der Waals surface area contributed by atoms with E-state index in [0.717, 1.165) is 12.8 Å². The van der Waals surface area contributed by atoms with Crippen LogP contribution in [-0.2, 0) is 9.59 Å². The van der Waals surface area contributed by atoms with Crippen LogP contribution < -0.4 is 5.32 Å². The van der Waals surface area contributed by atoms with Gasteiger partial charge in [0.1, 0.15) is 0 Å². The Hall–Kier alpha value is -0.710. The molecule has 0 bridgehead atoms. The van der Waals surface area contributed by atoms with Crippen LogP contribution in [0.25, 0.3) is 0 Å². The molecule has 0 fully saturated rings. The van der Waals surface area contributed by atoms with Crippen LogP contribution in [0.5, 0.6) is 0 Å². The van der Waals surface area contributed by atoms with E-state index in [1.807, 2.05) is 0 Å². The van der Waals surface area contributed by atoms with Crippen molar-refractivity contribution >= 4 is 23.6 Å². The molecule has 0 heterocycles. The summed E-state index contributed by atoms with van der Waals surface area (Å²) in [5.74, 6) is 0.434. The molecule has 94 valence electrons. The fourth-order valence-electron chi connectivity index (χ4n) is 1.41. The predicted molar refractivity (Wildman–Crippen MR) is 66.7 cm³/mol. The van der Waals surface area contributed by atoms with Gasteiger partial charge in [-0.2, -0.15) is 0 Å². The van der Waals surface area contributed by atoms with Crippen molar-refractivity contribution in [3.05, 3.63) is 0 Å². The molecule has 1 unspecified atom stereocenters. The second kappa shape index (κ2) is 9.51. The summed E-state index contributed by atoms with van der Waals surface area (Å²) >= 11 is 1.32. The van der Waals surface area contributed by atoms with Crippen molar-refractivity contribution < 1.29 is 14.7 Å². The van der Waals surface area contributed by atoms with Crippen molar-refractivity contribution in [1.29, 1.82) is 0 Å². The third-order valence-electron chi connectivity index (χ3n) is 2.11. The Morgan fingerprint density at radius 1 is 1.44 bits per heavy atom. The van der Waals surface area contributed by atoms with Gasteiger partial charge in [0.15, 0.2) is 0 Å². The molecule has 0 aromatic carbocycles. The van der Waals surface area contributed by atoms with Gasteiger partial charge < -0.3 is 10.4 Å². The van der Waals surface area contributed by atoms with Crippen LogP contribution in [-0.4, -0.2) is 35.0 Å². The molecule has 4 nitrogen and oxygen atoms in total. The molecule has 0 aliphatic heterocycles. The average Bonchev–Trinajstić information content (AvgIpc) is 2.16. The number of amides is 1. The minimum absolute atomic E-state index is 0.0666. The smallest absolute Gasteiger partial charge is 0.313 e. The summed E-state index contributed by atoms with van der Waals surface area (Å²) in [6.45, 7) is 4.73. The number of carboxylic acid groups (broad SMARTS) is 1. The predicted octanol–water partition coefficient (Wildman–Crippen LogP) is 1.75. The zero-order valence-electron chi connectivity index (χ0n) is 9.99. The Bertz CT molecular complexity index is 221. The fourth-order valence-corrected chi connectivity index (χ4v) is 1.97. The van der Waals surface area contributed by atoms with Crippen molar-refractivity contribution in [2.45, 2.75) is 33.1 Å². The minimum Gasteiger partial charge on any atom is -0.481 e. The lowest BCUT2D eigenvalue weighted by Crippen LogP contribution is -2.27.